The molecule has 1 aliphatic heterocycles. The van der Waals surface area contributed by atoms with Gasteiger partial charge in [0.1, 0.15) is 0 Å². The molecule has 0 fully saturated rings. The number of pyridine rings is 1. The standard InChI is InChI=1S/C21H21N3/c1-15-6-7-20-19(13-15)18-9-11-23(3)16(2)21(18)24(20)12-8-17-5-4-10-22-14-17/h4-7,10,13-14,16H,9,11H2,1-3H3. The van der Waals surface area contributed by atoms with Gasteiger partial charge in [0, 0.05) is 42.0 Å². The molecule has 2 aromatic heterocycles. The number of likely N-dealkylation sites (N-methyl/N-ethyl adjacent to an activating group) is 1. The summed E-state index contributed by atoms with van der Waals surface area (Å²) < 4.78 is 2.19. The van der Waals surface area contributed by atoms with Gasteiger partial charge in [0.2, 0.25) is 0 Å². The van der Waals surface area contributed by atoms with E-state index in [2.05, 4.69) is 65.5 Å². The number of rotatable bonds is 0. The summed E-state index contributed by atoms with van der Waals surface area (Å²) in [4.78, 5) is 6.55. The summed E-state index contributed by atoms with van der Waals surface area (Å²) >= 11 is 0. The maximum absolute atomic E-state index is 4.15. The van der Waals surface area contributed by atoms with Gasteiger partial charge in [-0.15, -0.1) is 0 Å². The third-order valence-corrected chi connectivity index (χ3v) is 5.01. The van der Waals surface area contributed by atoms with Crippen molar-refractivity contribution in [1.82, 2.24) is 14.5 Å². The van der Waals surface area contributed by atoms with Crippen LogP contribution in [0.1, 0.15) is 35.3 Å². The molecule has 1 aliphatic rings. The van der Waals surface area contributed by atoms with Crippen molar-refractivity contribution in [2.24, 2.45) is 0 Å². The van der Waals surface area contributed by atoms with E-state index < -0.39 is 0 Å². The highest BCUT2D eigenvalue weighted by atomic mass is 15.2. The minimum absolute atomic E-state index is 0.365. The van der Waals surface area contributed by atoms with Crippen molar-refractivity contribution in [3.05, 3.63) is 65.1 Å². The molecule has 3 heterocycles. The summed E-state index contributed by atoms with van der Waals surface area (Å²) in [6.07, 6.45) is 4.67. The van der Waals surface area contributed by atoms with E-state index in [0.717, 1.165) is 18.5 Å². The van der Waals surface area contributed by atoms with E-state index in [1.54, 1.807) is 6.20 Å². The molecule has 24 heavy (non-hydrogen) atoms. The van der Waals surface area contributed by atoms with Crippen LogP contribution in [0.2, 0.25) is 0 Å². The Kier molecular flexibility index (Phi) is 3.63. The molecular weight excluding hydrogens is 294 g/mol. The lowest BCUT2D eigenvalue weighted by atomic mass is 9.98. The van der Waals surface area contributed by atoms with Gasteiger partial charge in [0.05, 0.1) is 11.2 Å². The van der Waals surface area contributed by atoms with Gasteiger partial charge in [0.15, 0.2) is 0 Å². The fourth-order valence-electron chi connectivity index (χ4n) is 3.56. The number of aromatic nitrogens is 2. The van der Waals surface area contributed by atoms with E-state index >= 15 is 0 Å². The van der Waals surface area contributed by atoms with Crippen LogP contribution in [0.25, 0.3) is 10.9 Å². The molecule has 0 N–H and O–H groups in total. The van der Waals surface area contributed by atoms with Crippen LogP contribution in [-0.4, -0.2) is 28.0 Å². The second kappa shape index (κ2) is 5.81. The van der Waals surface area contributed by atoms with Crippen molar-refractivity contribution in [2.75, 3.05) is 13.6 Å². The van der Waals surface area contributed by atoms with Crippen LogP contribution in [0.15, 0.2) is 42.7 Å². The van der Waals surface area contributed by atoms with E-state index in [0.29, 0.717) is 6.04 Å². The predicted molar refractivity (Wildman–Crippen MR) is 97.9 cm³/mol. The Morgan fingerprint density at radius 2 is 2.12 bits per heavy atom. The maximum atomic E-state index is 4.15. The Morgan fingerprint density at radius 3 is 2.92 bits per heavy atom. The molecule has 1 atom stereocenters. The van der Waals surface area contributed by atoms with Gasteiger partial charge in [-0.05, 0) is 63.1 Å². The highest BCUT2D eigenvalue weighted by Crippen LogP contribution is 2.36. The summed E-state index contributed by atoms with van der Waals surface area (Å²) in [5.41, 5.74) is 6.25. The summed E-state index contributed by atoms with van der Waals surface area (Å²) in [6.45, 7) is 5.52. The second-order valence-corrected chi connectivity index (χ2v) is 6.60. The monoisotopic (exact) mass is 315 g/mol. The third-order valence-electron chi connectivity index (χ3n) is 5.01. The van der Waals surface area contributed by atoms with Gasteiger partial charge in [-0.3, -0.25) is 14.5 Å². The molecule has 0 aliphatic carbocycles. The first-order chi connectivity index (χ1) is 11.6. The fourth-order valence-corrected chi connectivity index (χ4v) is 3.56. The second-order valence-electron chi connectivity index (χ2n) is 6.60. The molecule has 0 amide bonds. The average Bonchev–Trinajstić information content (AvgIpc) is 2.91. The molecule has 1 aromatic carbocycles. The third kappa shape index (κ3) is 2.40. The number of fused-ring (bicyclic) bond motifs is 3. The highest BCUT2D eigenvalue weighted by molar-refractivity contribution is 5.87. The zero-order valence-corrected chi connectivity index (χ0v) is 14.4. The smallest absolute Gasteiger partial charge is 0.0618 e. The van der Waals surface area contributed by atoms with Crippen LogP contribution < -0.4 is 0 Å². The Bertz CT molecular complexity index is 957. The van der Waals surface area contributed by atoms with Gasteiger partial charge >= 0.3 is 0 Å². The van der Waals surface area contributed by atoms with Gasteiger partial charge in [-0.1, -0.05) is 11.6 Å². The van der Waals surface area contributed by atoms with Crippen molar-refractivity contribution in [2.45, 2.75) is 26.3 Å². The van der Waals surface area contributed by atoms with Crippen molar-refractivity contribution in [3.63, 3.8) is 0 Å². The number of nitrogens with zero attached hydrogens (tertiary/aromatic N) is 3. The normalized spacial score (nSPS) is 17.4. The lowest BCUT2D eigenvalue weighted by molar-refractivity contribution is 0.242. The van der Waals surface area contributed by atoms with E-state index in [9.17, 15) is 0 Å². The lowest BCUT2D eigenvalue weighted by Crippen LogP contribution is -2.31. The van der Waals surface area contributed by atoms with Crippen molar-refractivity contribution in [1.29, 1.82) is 0 Å². The topological polar surface area (TPSA) is 21.1 Å². The van der Waals surface area contributed by atoms with Crippen molar-refractivity contribution >= 4 is 10.9 Å². The maximum Gasteiger partial charge on any atom is 0.0618 e. The molecule has 120 valence electrons. The number of hydrogen-bond acceptors (Lipinski definition) is 2. The Balaban J connectivity index is 1.96. The van der Waals surface area contributed by atoms with E-state index in [1.165, 1.54) is 27.7 Å². The average molecular weight is 315 g/mol. The van der Waals surface area contributed by atoms with E-state index in [1.807, 2.05) is 18.3 Å². The SMILES string of the molecule is Cc1ccc2c(c1)c1c(n2C#Cc2cccnc2)C(C)N(C)CC1. The fraction of sp³-hybridized carbons (Fsp3) is 0.286. The zero-order chi connectivity index (χ0) is 16.7. The summed E-state index contributed by atoms with van der Waals surface area (Å²) in [5, 5.41) is 1.35. The summed E-state index contributed by atoms with van der Waals surface area (Å²) in [7, 11) is 2.19. The predicted octanol–water partition coefficient (Wildman–Crippen LogP) is 3.75. The molecular formula is C21H21N3. The molecule has 3 aromatic rings. The molecule has 0 bridgehead atoms. The van der Waals surface area contributed by atoms with Crippen LogP contribution in [0.5, 0.6) is 0 Å². The Morgan fingerprint density at radius 1 is 1.25 bits per heavy atom. The minimum atomic E-state index is 0.365. The summed E-state index contributed by atoms with van der Waals surface area (Å²) in [5.74, 6) is 3.27. The minimum Gasteiger partial charge on any atom is -0.298 e. The Hall–Kier alpha value is -2.57. The first-order valence-electron chi connectivity index (χ1n) is 8.41. The largest absolute Gasteiger partial charge is 0.298 e. The molecule has 0 radical (unpaired) electrons. The van der Waals surface area contributed by atoms with Gasteiger partial charge in [0.25, 0.3) is 0 Å². The highest BCUT2D eigenvalue weighted by Gasteiger charge is 2.27. The molecule has 0 saturated carbocycles. The quantitative estimate of drug-likeness (QED) is 0.589. The summed E-state index contributed by atoms with van der Waals surface area (Å²) in [6, 6.07) is 14.3. The van der Waals surface area contributed by atoms with Gasteiger partial charge in [-0.2, -0.15) is 0 Å². The zero-order valence-electron chi connectivity index (χ0n) is 14.4. The van der Waals surface area contributed by atoms with Crippen molar-refractivity contribution in [3.8, 4) is 12.0 Å². The van der Waals surface area contributed by atoms with Crippen LogP contribution >= 0.6 is 0 Å². The molecule has 4 rings (SSSR count). The van der Waals surface area contributed by atoms with E-state index in [4.69, 9.17) is 0 Å². The van der Waals surface area contributed by atoms with Crippen LogP contribution in [0.3, 0.4) is 0 Å². The van der Waals surface area contributed by atoms with Crippen LogP contribution in [0.4, 0.5) is 0 Å². The van der Waals surface area contributed by atoms with Gasteiger partial charge in [-0.25, -0.2) is 0 Å². The van der Waals surface area contributed by atoms with Crippen molar-refractivity contribution < 1.29 is 0 Å². The number of hydrogen-bond donors (Lipinski definition) is 0. The number of benzene rings is 1. The molecule has 0 spiro atoms. The lowest BCUT2D eigenvalue weighted by Gasteiger charge is -2.30. The first-order valence-corrected chi connectivity index (χ1v) is 8.41. The molecule has 1 unspecified atom stereocenters. The Labute approximate surface area is 142 Å². The molecule has 0 saturated heterocycles. The molecule has 3 nitrogen and oxygen atoms in total. The first kappa shape index (κ1) is 15.0. The molecule has 3 heteroatoms. The number of aryl methyl sites for hydroxylation is 1. The van der Waals surface area contributed by atoms with Crippen LogP contribution in [-0.2, 0) is 6.42 Å². The van der Waals surface area contributed by atoms with E-state index in [-0.39, 0.29) is 0 Å². The van der Waals surface area contributed by atoms with Gasteiger partial charge < -0.3 is 0 Å². The van der Waals surface area contributed by atoms with Crippen LogP contribution in [0, 0.1) is 18.9 Å².